The number of carbonyl (C=O) groups excluding carboxylic acids is 1. The van der Waals surface area contributed by atoms with Crippen molar-refractivity contribution < 1.29 is 14.7 Å². The van der Waals surface area contributed by atoms with Crippen LogP contribution in [0.2, 0.25) is 0 Å². The molecule has 1 amide bonds. The number of aliphatic carboxylic acids is 1. The third kappa shape index (κ3) is 4.17. The first-order valence-electron chi connectivity index (χ1n) is 8.08. The number of hydrogen-bond donors (Lipinski definition) is 2. The number of carboxylic acid groups (broad SMARTS) is 1. The fourth-order valence-corrected chi connectivity index (χ4v) is 3.34. The maximum absolute atomic E-state index is 12.7. The molecule has 0 atom stereocenters. The van der Waals surface area contributed by atoms with E-state index >= 15 is 0 Å². The van der Waals surface area contributed by atoms with Gasteiger partial charge in [0.1, 0.15) is 0 Å². The van der Waals surface area contributed by atoms with E-state index in [0.717, 1.165) is 21.0 Å². The van der Waals surface area contributed by atoms with Gasteiger partial charge in [0.05, 0.1) is 5.69 Å². The van der Waals surface area contributed by atoms with Crippen LogP contribution in [0.5, 0.6) is 0 Å². The van der Waals surface area contributed by atoms with Gasteiger partial charge in [-0.05, 0) is 53.3 Å². The van der Waals surface area contributed by atoms with Crippen LogP contribution in [0.25, 0.3) is 10.4 Å². The van der Waals surface area contributed by atoms with Crippen LogP contribution in [0.15, 0.2) is 66.0 Å². The molecule has 0 aliphatic heterocycles. The summed E-state index contributed by atoms with van der Waals surface area (Å²) >= 11 is 1.62. The second-order valence-corrected chi connectivity index (χ2v) is 6.74. The predicted molar refractivity (Wildman–Crippen MR) is 103 cm³/mol. The first kappa shape index (κ1) is 17.8. The molecule has 0 bridgehead atoms. The van der Waals surface area contributed by atoms with Crippen molar-refractivity contribution in [1.29, 1.82) is 0 Å². The minimum Gasteiger partial charge on any atom is -0.481 e. The highest BCUT2D eigenvalue weighted by Crippen LogP contribution is 2.28. The molecule has 5 nitrogen and oxygen atoms in total. The topological polar surface area (TPSA) is 83.6 Å². The molecule has 3 aromatic rings. The Balaban J connectivity index is 1.81. The maximum Gasteiger partial charge on any atom is 0.303 e. The second-order valence-electron chi connectivity index (χ2n) is 5.80. The Morgan fingerprint density at radius 2 is 1.85 bits per heavy atom. The number of nitrogens with two attached hydrogens (primary N) is 1. The summed E-state index contributed by atoms with van der Waals surface area (Å²) in [5, 5.41) is 11.9. The van der Waals surface area contributed by atoms with Crippen molar-refractivity contribution in [2.24, 2.45) is 5.84 Å². The lowest BCUT2D eigenvalue weighted by Gasteiger charge is -2.18. The van der Waals surface area contributed by atoms with E-state index in [0.29, 0.717) is 17.7 Å². The number of aryl methyl sites for hydroxylation is 1. The van der Waals surface area contributed by atoms with Crippen LogP contribution in [-0.2, 0) is 11.2 Å². The van der Waals surface area contributed by atoms with Gasteiger partial charge in [0.15, 0.2) is 0 Å². The summed E-state index contributed by atoms with van der Waals surface area (Å²) in [5.74, 6) is 4.85. The quantitative estimate of drug-likeness (QED) is 0.393. The number of benzene rings is 2. The fourth-order valence-electron chi connectivity index (χ4n) is 2.62. The number of carboxylic acids is 1. The number of carbonyl (C=O) groups is 2. The molecule has 0 spiro atoms. The van der Waals surface area contributed by atoms with E-state index in [1.807, 2.05) is 35.7 Å². The Bertz CT molecular complexity index is 922. The Hall–Kier alpha value is -2.96. The van der Waals surface area contributed by atoms with Crippen LogP contribution in [0.1, 0.15) is 22.3 Å². The summed E-state index contributed by atoms with van der Waals surface area (Å²) in [6.45, 7) is 0. The standard InChI is InChI=1S/C20H18N2O3S/c21-22(17-7-2-5-15(13-17)18-8-3-11-26-18)20(25)16-6-1-4-14(12-16)9-10-19(23)24/h1-8,11-13H,9-10,21H2,(H,23,24). The molecule has 3 rings (SSSR count). The van der Waals surface area contributed by atoms with Crippen LogP contribution >= 0.6 is 11.3 Å². The van der Waals surface area contributed by atoms with E-state index < -0.39 is 5.97 Å². The third-order valence-electron chi connectivity index (χ3n) is 3.95. The predicted octanol–water partition coefficient (Wildman–Crippen LogP) is 3.95. The third-order valence-corrected chi connectivity index (χ3v) is 4.87. The molecule has 0 fully saturated rings. The molecule has 0 aliphatic rings. The van der Waals surface area contributed by atoms with Gasteiger partial charge in [-0.25, -0.2) is 10.9 Å². The normalized spacial score (nSPS) is 10.5. The lowest BCUT2D eigenvalue weighted by atomic mass is 10.1. The van der Waals surface area contributed by atoms with Gasteiger partial charge < -0.3 is 5.11 Å². The minimum atomic E-state index is -0.868. The van der Waals surface area contributed by atoms with Crippen molar-refractivity contribution in [3.8, 4) is 10.4 Å². The van der Waals surface area contributed by atoms with E-state index in [4.69, 9.17) is 10.9 Å². The van der Waals surface area contributed by atoms with Crippen LogP contribution in [0, 0.1) is 0 Å². The largest absolute Gasteiger partial charge is 0.481 e. The zero-order valence-corrected chi connectivity index (χ0v) is 14.8. The van der Waals surface area contributed by atoms with Crippen molar-refractivity contribution in [2.45, 2.75) is 12.8 Å². The number of amides is 1. The molecule has 3 N–H and O–H groups in total. The molecule has 0 unspecified atom stereocenters. The molecule has 0 radical (unpaired) electrons. The zero-order valence-electron chi connectivity index (χ0n) is 14.0. The van der Waals surface area contributed by atoms with Crippen molar-refractivity contribution in [3.63, 3.8) is 0 Å². The molecular formula is C20H18N2O3S. The Morgan fingerprint density at radius 3 is 2.58 bits per heavy atom. The summed E-state index contributed by atoms with van der Waals surface area (Å²) in [5.41, 5.74) is 2.81. The van der Waals surface area contributed by atoms with Crippen molar-refractivity contribution in [1.82, 2.24) is 0 Å². The number of hydrogen-bond acceptors (Lipinski definition) is 4. The Kier molecular flexibility index (Phi) is 5.46. The average Bonchev–Trinajstić information content (AvgIpc) is 3.20. The molecule has 6 heteroatoms. The van der Waals surface area contributed by atoms with Gasteiger partial charge in [-0.15, -0.1) is 11.3 Å². The molecule has 2 aromatic carbocycles. The van der Waals surface area contributed by atoms with Gasteiger partial charge in [0.25, 0.3) is 5.91 Å². The molecule has 1 heterocycles. The number of rotatable bonds is 6. The van der Waals surface area contributed by atoms with Crippen molar-refractivity contribution in [2.75, 3.05) is 5.01 Å². The molecule has 0 saturated carbocycles. The van der Waals surface area contributed by atoms with Crippen LogP contribution < -0.4 is 10.9 Å². The number of hydrazine groups is 1. The molecule has 132 valence electrons. The van der Waals surface area contributed by atoms with E-state index in [1.54, 1.807) is 41.7 Å². The fraction of sp³-hybridized carbons (Fsp3) is 0.100. The highest BCUT2D eigenvalue weighted by Gasteiger charge is 2.15. The number of anilines is 1. The van der Waals surface area contributed by atoms with Gasteiger partial charge >= 0.3 is 5.97 Å². The summed E-state index contributed by atoms with van der Waals surface area (Å²) < 4.78 is 0. The lowest BCUT2D eigenvalue weighted by molar-refractivity contribution is -0.136. The SMILES string of the molecule is NN(C(=O)c1cccc(CCC(=O)O)c1)c1cccc(-c2cccs2)c1. The molecular weight excluding hydrogens is 348 g/mol. The van der Waals surface area contributed by atoms with Gasteiger partial charge in [-0.2, -0.15) is 0 Å². The molecule has 0 aliphatic carbocycles. The van der Waals surface area contributed by atoms with Gasteiger partial charge in [0.2, 0.25) is 0 Å². The summed E-state index contributed by atoms with van der Waals surface area (Å²) in [4.78, 5) is 24.5. The van der Waals surface area contributed by atoms with Crippen LogP contribution in [-0.4, -0.2) is 17.0 Å². The molecule has 26 heavy (non-hydrogen) atoms. The Labute approximate surface area is 155 Å². The number of thiophene rings is 1. The lowest BCUT2D eigenvalue weighted by Crippen LogP contribution is -2.37. The smallest absolute Gasteiger partial charge is 0.303 e. The first-order chi connectivity index (χ1) is 12.5. The van der Waals surface area contributed by atoms with Crippen LogP contribution in [0.3, 0.4) is 0 Å². The monoisotopic (exact) mass is 366 g/mol. The minimum absolute atomic E-state index is 0.0207. The van der Waals surface area contributed by atoms with Crippen LogP contribution in [0.4, 0.5) is 5.69 Å². The van der Waals surface area contributed by atoms with Gasteiger partial charge in [-0.3, -0.25) is 9.59 Å². The first-order valence-corrected chi connectivity index (χ1v) is 8.96. The highest BCUT2D eigenvalue weighted by molar-refractivity contribution is 7.13. The average molecular weight is 366 g/mol. The summed E-state index contributed by atoms with van der Waals surface area (Å²) in [7, 11) is 0. The summed E-state index contributed by atoms with van der Waals surface area (Å²) in [6, 6.07) is 18.4. The maximum atomic E-state index is 12.7. The molecule has 0 saturated heterocycles. The van der Waals surface area contributed by atoms with Gasteiger partial charge in [-0.1, -0.05) is 30.3 Å². The van der Waals surface area contributed by atoms with E-state index in [1.165, 1.54) is 0 Å². The zero-order chi connectivity index (χ0) is 18.5. The van der Waals surface area contributed by atoms with Crippen molar-refractivity contribution >= 4 is 28.9 Å². The second kappa shape index (κ2) is 7.95. The van der Waals surface area contributed by atoms with E-state index in [2.05, 4.69) is 0 Å². The van der Waals surface area contributed by atoms with Crippen molar-refractivity contribution in [3.05, 3.63) is 77.2 Å². The summed E-state index contributed by atoms with van der Waals surface area (Å²) in [6.07, 6.45) is 0.391. The molecule has 1 aromatic heterocycles. The van der Waals surface area contributed by atoms with E-state index in [9.17, 15) is 9.59 Å². The van der Waals surface area contributed by atoms with Gasteiger partial charge in [0, 0.05) is 16.9 Å². The Morgan fingerprint density at radius 1 is 1.04 bits per heavy atom. The van der Waals surface area contributed by atoms with E-state index in [-0.39, 0.29) is 12.3 Å². The highest BCUT2D eigenvalue weighted by atomic mass is 32.1. The number of nitrogens with zero attached hydrogens (tertiary/aromatic N) is 1.